The van der Waals surface area contributed by atoms with Crippen molar-refractivity contribution in [3.8, 4) is 0 Å². The maximum atomic E-state index is 12.9. The van der Waals surface area contributed by atoms with Crippen LogP contribution in [0, 0.1) is 11.8 Å². The molecule has 104 valence electrons. The molecule has 0 unspecified atom stereocenters. The van der Waals surface area contributed by atoms with Crippen molar-refractivity contribution in [2.45, 2.75) is 37.9 Å². The van der Waals surface area contributed by atoms with Crippen LogP contribution in [-0.4, -0.2) is 6.04 Å². The van der Waals surface area contributed by atoms with Crippen molar-refractivity contribution >= 4 is 21.6 Å². The SMILES string of the molecule is FC(F)(F)c1cc(NC(C2CC2)C2CC2)ccc1Br. The second-order valence-electron chi connectivity index (χ2n) is 5.54. The highest BCUT2D eigenvalue weighted by molar-refractivity contribution is 9.10. The summed E-state index contributed by atoms with van der Waals surface area (Å²) in [5, 5.41) is 3.32. The maximum Gasteiger partial charge on any atom is 0.417 e. The molecule has 1 aromatic rings. The molecule has 0 aliphatic heterocycles. The van der Waals surface area contributed by atoms with E-state index in [-0.39, 0.29) is 4.47 Å². The van der Waals surface area contributed by atoms with E-state index in [9.17, 15) is 13.2 Å². The lowest BCUT2D eigenvalue weighted by molar-refractivity contribution is -0.138. The fourth-order valence-electron chi connectivity index (χ4n) is 2.56. The van der Waals surface area contributed by atoms with Gasteiger partial charge in [-0.2, -0.15) is 13.2 Å². The van der Waals surface area contributed by atoms with Gasteiger partial charge in [-0.15, -0.1) is 0 Å². The van der Waals surface area contributed by atoms with Crippen LogP contribution in [0.2, 0.25) is 0 Å². The van der Waals surface area contributed by atoms with E-state index in [1.807, 2.05) is 0 Å². The molecule has 2 aliphatic rings. The third-order valence-corrected chi connectivity index (χ3v) is 4.56. The van der Waals surface area contributed by atoms with Crippen LogP contribution in [0.3, 0.4) is 0 Å². The number of halogens is 4. The van der Waals surface area contributed by atoms with Crippen molar-refractivity contribution < 1.29 is 13.2 Å². The van der Waals surface area contributed by atoms with Crippen LogP contribution in [0.1, 0.15) is 31.2 Å². The van der Waals surface area contributed by atoms with Crippen LogP contribution >= 0.6 is 15.9 Å². The minimum absolute atomic E-state index is 0.0972. The zero-order valence-corrected chi connectivity index (χ0v) is 11.9. The highest BCUT2D eigenvalue weighted by Crippen LogP contribution is 2.46. The van der Waals surface area contributed by atoms with Gasteiger partial charge in [0.05, 0.1) is 5.56 Å². The van der Waals surface area contributed by atoms with Crippen LogP contribution in [0.15, 0.2) is 22.7 Å². The van der Waals surface area contributed by atoms with E-state index in [0.29, 0.717) is 23.6 Å². The van der Waals surface area contributed by atoms with Crippen molar-refractivity contribution in [3.05, 3.63) is 28.2 Å². The van der Waals surface area contributed by atoms with Gasteiger partial charge in [-0.25, -0.2) is 0 Å². The second-order valence-corrected chi connectivity index (χ2v) is 6.39. The third-order valence-electron chi connectivity index (χ3n) is 3.86. The van der Waals surface area contributed by atoms with E-state index < -0.39 is 11.7 Å². The summed E-state index contributed by atoms with van der Waals surface area (Å²) in [5.74, 6) is 1.32. The molecule has 0 bridgehead atoms. The molecule has 0 aromatic heterocycles. The first kappa shape index (κ1) is 13.3. The van der Waals surface area contributed by atoms with E-state index in [2.05, 4.69) is 21.2 Å². The monoisotopic (exact) mass is 333 g/mol. The number of nitrogens with one attached hydrogen (secondary N) is 1. The first-order valence-electron chi connectivity index (χ1n) is 6.58. The van der Waals surface area contributed by atoms with Gasteiger partial charge < -0.3 is 5.32 Å². The smallest absolute Gasteiger partial charge is 0.382 e. The lowest BCUT2D eigenvalue weighted by Crippen LogP contribution is -2.24. The van der Waals surface area contributed by atoms with Crippen LogP contribution in [0.5, 0.6) is 0 Å². The summed E-state index contributed by atoms with van der Waals surface area (Å²) in [6, 6.07) is 4.77. The van der Waals surface area contributed by atoms with Crippen molar-refractivity contribution in [1.29, 1.82) is 0 Å². The van der Waals surface area contributed by atoms with Gasteiger partial charge in [-0.05, 0) is 55.7 Å². The molecule has 0 radical (unpaired) electrons. The molecule has 1 nitrogen and oxygen atoms in total. The van der Waals surface area contributed by atoms with Crippen molar-refractivity contribution in [1.82, 2.24) is 0 Å². The quantitative estimate of drug-likeness (QED) is 0.811. The number of benzene rings is 1. The van der Waals surface area contributed by atoms with Crippen molar-refractivity contribution in [2.24, 2.45) is 11.8 Å². The molecule has 0 heterocycles. The third kappa shape index (κ3) is 3.07. The summed E-state index contributed by atoms with van der Waals surface area (Å²) in [5.41, 5.74) is -0.0258. The number of alkyl halides is 3. The van der Waals surface area contributed by atoms with Crippen molar-refractivity contribution in [3.63, 3.8) is 0 Å². The lowest BCUT2D eigenvalue weighted by Gasteiger charge is -2.20. The van der Waals surface area contributed by atoms with Gasteiger partial charge in [0.15, 0.2) is 0 Å². The molecule has 0 saturated heterocycles. The highest BCUT2D eigenvalue weighted by Gasteiger charge is 2.41. The Bertz CT molecular complexity index is 466. The van der Waals surface area contributed by atoms with Gasteiger partial charge >= 0.3 is 6.18 Å². The summed E-state index contributed by atoms with van der Waals surface area (Å²) >= 11 is 2.97. The number of hydrogen-bond acceptors (Lipinski definition) is 1. The molecule has 1 aromatic carbocycles. The Kier molecular flexibility index (Phi) is 3.28. The number of rotatable bonds is 4. The lowest BCUT2D eigenvalue weighted by atomic mass is 10.1. The molecular formula is C14H15BrF3N. The highest BCUT2D eigenvalue weighted by atomic mass is 79.9. The minimum atomic E-state index is -4.31. The molecule has 2 aliphatic carbocycles. The first-order chi connectivity index (χ1) is 8.95. The first-order valence-corrected chi connectivity index (χ1v) is 7.38. The summed E-state index contributed by atoms with van der Waals surface area (Å²) < 4.78 is 38.6. The molecule has 2 fully saturated rings. The predicted octanol–water partition coefficient (Wildman–Crippen LogP) is 5.07. The molecule has 2 saturated carbocycles. The van der Waals surface area contributed by atoms with E-state index >= 15 is 0 Å². The Morgan fingerprint density at radius 3 is 2.16 bits per heavy atom. The molecule has 0 amide bonds. The predicted molar refractivity (Wildman–Crippen MR) is 72.0 cm³/mol. The van der Waals surface area contributed by atoms with Crippen LogP contribution in [0.4, 0.5) is 18.9 Å². The minimum Gasteiger partial charge on any atom is -0.382 e. The molecule has 1 N–H and O–H groups in total. The molecule has 3 rings (SSSR count). The van der Waals surface area contributed by atoms with Crippen LogP contribution < -0.4 is 5.32 Å². The average molecular weight is 334 g/mol. The molecule has 0 atom stereocenters. The van der Waals surface area contributed by atoms with E-state index in [0.717, 1.165) is 0 Å². The topological polar surface area (TPSA) is 12.0 Å². The summed E-state index contributed by atoms with van der Waals surface area (Å²) in [6.45, 7) is 0. The van der Waals surface area contributed by atoms with Gasteiger partial charge in [-0.3, -0.25) is 0 Å². The number of hydrogen-bond donors (Lipinski definition) is 1. The fraction of sp³-hybridized carbons (Fsp3) is 0.571. The molecule has 19 heavy (non-hydrogen) atoms. The van der Waals surface area contributed by atoms with Crippen molar-refractivity contribution in [2.75, 3.05) is 5.32 Å². The summed E-state index contributed by atoms with van der Waals surface area (Å²) in [7, 11) is 0. The summed E-state index contributed by atoms with van der Waals surface area (Å²) in [6.07, 6.45) is 0.506. The molecular weight excluding hydrogens is 319 g/mol. The average Bonchev–Trinajstić information content (AvgIpc) is 3.19. The standard InChI is InChI=1S/C14H15BrF3N/c15-12-6-5-10(7-11(12)14(16,17)18)19-13(8-1-2-8)9-3-4-9/h5-9,13,19H,1-4H2. The van der Waals surface area contributed by atoms with E-state index in [1.165, 1.54) is 37.8 Å². The van der Waals surface area contributed by atoms with Crippen LogP contribution in [-0.2, 0) is 6.18 Å². The van der Waals surface area contributed by atoms with E-state index in [1.54, 1.807) is 6.07 Å². The molecule has 5 heteroatoms. The van der Waals surface area contributed by atoms with Gasteiger partial charge in [0, 0.05) is 16.2 Å². The Morgan fingerprint density at radius 2 is 1.68 bits per heavy atom. The Labute approximate surface area is 118 Å². The Morgan fingerprint density at radius 1 is 1.11 bits per heavy atom. The second kappa shape index (κ2) is 4.69. The van der Waals surface area contributed by atoms with Gasteiger partial charge in [0.25, 0.3) is 0 Å². The normalized spacial score (nSPS) is 19.8. The summed E-state index contributed by atoms with van der Waals surface area (Å²) in [4.78, 5) is 0. The largest absolute Gasteiger partial charge is 0.417 e. The zero-order chi connectivity index (χ0) is 13.6. The van der Waals surface area contributed by atoms with Crippen LogP contribution in [0.25, 0.3) is 0 Å². The maximum absolute atomic E-state index is 12.9. The Hall–Kier alpha value is -0.710. The Balaban J connectivity index is 1.80. The molecule has 0 spiro atoms. The van der Waals surface area contributed by atoms with Gasteiger partial charge in [0.1, 0.15) is 0 Å². The van der Waals surface area contributed by atoms with Gasteiger partial charge in [0.2, 0.25) is 0 Å². The van der Waals surface area contributed by atoms with Gasteiger partial charge in [-0.1, -0.05) is 15.9 Å². The fourth-order valence-corrected chi connectivity index (χ4v) is 3.03. The number of anilines is 1. The van der Waals surface area contributed by atoms with E-state index in [4.69, 9.17) is 0 Å². The zero-order valence-electron chi connectivity index (χ0n) is 10.3.